The number of thioether (sulfide) groups is 1. The Morgan fingerprint density at radius 3 is 0.992 bits per heavy atom. The first kappa shape index (κ1) is 107. The number of aliphatic carboxylic acids is 1. The van der Waals surface area contributed by atoms with Crippen molar-refractivity contribution in [1.29, 1.82) is 0 Å². The van der Waals surface area contributed by atoms with E-state index in [-0.39, 0.29) is 97.7 Å². The van der Waals surface area contributed by atoms with Crippen LogP contribution in [0.5, 0.6) is 0 Å². The van der Waals surface area contributed by atoms with E-state index in [2.05, 4.69) is 123 Å². The number of carboxylic acids is 1. The third-order valence-electron chi connectivity index (χ3n) is 19.0. The Morgan fingerprint density at radius 2 is 0.700 bits per heavy atom. The van der Waals surface area contributed by atoms with Gasteiger partial charge in [-0.05, 0) is 224 Å². The maximum Gasteiger partial charge on any atom is 0.306 e. The predicted molar refractivity (Wildman–Crippen MR) is 495 cm³/mol. The van der Waals surface area contributed by atoms with Crippen LogP contribution in [0.25, 0.3) is 0 Å². The van der Waals surface area contributed by atoms with Gasteiger partial charge in [-0.25, -0.2) is 0 Å². The fourth-order valence-electron chi connectivity index (χ4n) is 13.6. The molecule has 31 heteroatoms. The van der Waals surface area contributed by atoms with Gasteiger partial charge in [-0.1, -0.05) is 161 Å². The Balaban J connectivity index is 0.000000358. The van der Waals surface area contributed by atoms with Crippen LogP contribution in [-0.4, -0.2) is 90.9 Å². The molecule has 6 aromatic carbocycles. The van der Waals surface area contributed by atoms with Gasteiger partial charge in [0.05, 0.1) is 11.5 Å². The molecule has 2 atom stereocenters. The summed E-state index contributed by atoms with van der Waals surface area (Å²) >= 11 is 10.0. The normalized spacial score (nSPS) is 17.0. The van der Waals surface area contributed by atoms with E-state index in [0.717, 1.165) is 105 Å². The Morgan fingerprint density at radius 1 is 0.425 bits per heavy atom. The number of amides is 3. The topological polar surface area (TPSA) is 289 Å². The Bertz CT molecular complexity index is 4520. The van der Waals surface area contributed by atoms with Gasteiger partial charge in [0, 0.05) is 136 Å². The van der Waals surface area contributed by atoms with E-state index in [1.54, 1.807) is 18.7 Å². The van der Waals surface area contributed by atoms with Crippen molar-refractivity contribution in [3.05, 3.63) is 245 Å². The van der Waals surface area contributed by atoms with Crippen LogP contribution in [0.3, 0.4) is 0 Å². The SMILES string of the molecule is CC(C)(C)OC(=O)CC1CCC(c2ccc(C(=O)Nc3nnc(CS(=O)Cc4ccccc4)s3)cc2)CC1.CC(C)(C)OC(=O)CC1CCC(c2ccc(C(=O)Nc3nnc(CSCc4ccccc4)s3)cc2)CC1.C[CH-]I.C[CH-]I.O=C(O)CC1CCC(c2ccc(C(=O)Nc3nnc(CS(=O)Cc4ccccc4)s3)cc2)CC1.[CH2-]C.[V].[V].[V]. The number of hydrogen-bond donors (Lipinski definition) is 4. The predicted octanol–water partition coefficient (Wildman–Crippen LogP) is 22.5. The minimum absolute atomic E-state index is 0. The molecule has 3 saturated carbocycles. The maximum absolute atomic E-state index is 12.7. The zero-order valence-electron chi connectivity index (χ0n) is 69.5. The second kappa shape index (κ2) is 57.3. The van der Waals surface area contributed by atoms with Crippen LogP contribution in [-0.2, 0) is 136 Å². The second-order valence-electron chi connectivity index (χ2n) is 30.4. The Hall–Kier alpha value is -5.32. The van der Waals surface area contributed by atoms with Crippen LogP contribution in [0.1, 0.15) is 256 Å². The van der Waals surface area contributed by atoms with Crippen molar-refractivity contribution >= 4 is 164 Å². The summed E-state index contributed by atoms with van der Waals surface area (Å²) in [6.45, 7) is 20.4. The van der Waals surface area contributed by atoms with Gasteiger partial charge in [-0.3, -0.25) is 62.0 Å². The quantitative estimate of drug-likeness (QED) is 0.0211. The van der Waals surface area contributed by atoms with Gasteiger partial charge in [-0.2, -0.15) is 20.8 Å². The molecule has 645 valence electrons. The van der Waals surface area contributed by atoms with E-state index in [4.69, 9.17) is 14.6 Å². The van der Waals surface area contributed by atoms with Gasteiger partial charge < -0.3 is 66.7 Å². The van der Waals surface area contributed by atoms with Gasteiger partial charge in [0.15, 0.2) is 0 Å². The van der Waals surface area contributed by atoms with Crippen molar-refractivity contribution < 1.29 is 107 Å². The molecule has 3 amide bonds. The molecule has 3 aliphatic rings. The number of halogens is 2. The average molecular weight is 2080 g/mol. The number of hydrogen-bond acceptors (Lipinski definition) is 20. The smallest absolute Gasteiger partial charge is 0.306 e. The van der Waals surface area contributed by atoms with Crippen molar-refractivity contribution in [2.24, 2.45) is 17.8 Å². The molecule has 0 spiro atoms. The van der Waals surface area contributed by atoms with Crippen molar-refractivity contribution in [3.8, 4) is 0 Å². The summed E-state index contributed by atoms with van der Waals surface area (Å²) in [5.41, 5.74) is 7.79. The van der Waals surface area contributed by atoms with Crippen molar-refractivity contribution in [3.63, 3.8) is 0 Å². The number of nitrogens with zero attached hydrogens (tertiary/aromatic N) is 6. The molecule has 3 radical (unpaired) electrons. The number of esters is 2. The number of aromatic nitrogens is 6. The van der Waals surface area contributed by atoms with E-state index < -0.39 is 38.8 Å². The number of benzene rings is 6. The molecule has 4 N–H and O–H groups in total. The van der Waals surface area contributed by atoms with Gasteiger partial charge in [0.1, 0.15) is 26.2 Å². The summed E-state index contributed by atoms with van der Waals surface area (Å²) in [5.74, 6) is 3.92. The van der Waals surface area contributed by atoms with E-state index >= 15 is 0 Å². The minimum atomic E-state index is -1.10. The summed E-state index contributed by atoms with van der Waals surface area (Å²) in [5, 5.41) is 45.5. The molecule has 3 fully saturated rings. The first-order chi connectivity index (χ1) is 56.2. The zero-order valence-corrected chi connectivity index (χ0v) is 82.9. The number of carbonyl (C=O) groups excluding carboxylic acids is 5. The van der Waals surface area contributed by atoms with Crippen LogP contribution in [0.2, 0.25) is 0 Å². The first-order valence-corrected chi connectivity index (χ1v) is 48.5. The van der Waals surface area contributed by atoms with Gasteiger partial charge in [-0.15, -0.1) is 42.4 Å². The summed E-state index contributed by atoms with van der Waals surface area (Å²) in [4.78, 5) is 73.3. The molecule has 0 aliphatic heterocycles. The van der Waals surface area contributed by atoms with Crippen LogP contribution in [0.4, 0.5) is 15.4 Å². The molecule has 3 aliphatic carbocycles. The third kappa shape index (κ3) is 40.8. The molecule has 2 unspecified atom stereocenters. The molecule has 0 bridgehead atoms. The van der Waals surface area contributed by atoms with Gasteiger partial charge in [0.25, 0.3) is 17.7 Å². The van der Waals surface area contributed by atoms with Gasteiger partial charge >= 0.3 is 17.9 Å². The largest absolute Gasteiger partial charge is 0.481 e. The Labute approximate surface area is 793 Å². The second-order valence-corrected chi connectivity index (χ2v) is 40.0. The van der Waals surface area contributed by atoms with Crippen LogP contribution in [0, 0.1) is 33.5 Å². The molecule has 3 aromatic heterocycles. The maximum atomic E-state index is 12.7. The molecular formula is C89H110I2N9O11S6V3-3. The third-order valence-corrected chi connectivity index (χ3v) is 25.6. The molecule has 12 rings (SSSR count). The van der Waals surface area contributed by atoms with E-state index in [1.807, 2.05) is 204 Å². The number of carboxylic acid groups (broad SMARTS) is 1. The number of carbonyl (C=O) groups is 6. The van der Waals surface area contributed by atoms with Crippen LogP contribution in [0.15, 0.2) is 164 Å². The van der Waals surface area contributed by atoms with Crippen molar-refractivity contribution in [2.75, 3.05) is 16.0 Å². The number of nitrogens with one attached hydrogen (secondary N) is 3. The first-order valence-electron chi connectivity index (χ1n) is 39.4. The monoisotopic (exact) mass is 2080 g/mol. The number of anilines is 3. The van der Waals surface area contributed by atoms with Crippen LogP contribution < -0.4 is 16.0 Å². The summed E-state index contributed by atoms with van der Waals surface area (Å²) in [6.07, 6.45) is 13.2. The summed E-state index contributed by atoms with van der Waals surface area (Å²) < 4.78 is 39.7. The average Bonchev–Trinajstić information content (AvgIpc) is 1.05. The zero-order chi connectivity index (χ0) is 84.7. The van der Waals surface area contributed by atoms with Crippen molar-refractivity contribution in [1.82, 2.24) is 30.6 Å². The molecule has 120 heavy (non-hydrogen) atoms. The van der Waals surface area contributed by atoms with Crippen LogP contribution >= 0.6 is 91.0 Å². The van der Waals surface area contributed by atoms with E-state index in [1.165, 1.54) is 56.3 Å². The Kier molecular flexibility index (Phi) is 51.1. The number of ether oxygens (including phenoxy) is 2. The minimum Gasteiger partial charge on any atom is -0.481 e. The fourth-order valence-corrected chi connectivity index (χ4v) is 19.7. The summed E-state index contributed by atoms with van der Waals surface area (Å²) in [7, 11) is -2.20. The fraction of sp³-hybridized carbons (Fsp3) is 0.427. The molecule has 3 heterocycles. The van der Waals surface area contributed by atoms with Gasteiger partial charge in [0.2, 0.25) is 15.4 Å². The van der Waals surface area contributed by atoms with Crippen molar-refractivity contribution in [2.45, 2.75) is 222 Å². The standard InChI is InChI=1S/C29H35N3O4S2.C29H35N3O3S2.C25H27N3O4S2.2C2H4I.C2H5.3V/c1-29(2,3)36-26(33)17-20-9-11-22(12-10-20)23-13-15-24(16-14-23)27(34)30-28-32-31-25(37-28)19-38(35)18-21-7-5-4-6-8-21;1-29(2,3)35-26(33)17-20-9-11-22(12-10-20)23-13-15-24(16-14-23)27(34)30-28-32-31-25(37-28)19-36-18-21-7-5-4-6-8-21;29-23(30)14-17-6-8-19(9-7-17)20-10-12-21(13-11-20)24(31)26-25-28-27-22(33-25)16-34(32)15-18-4-2-1-3-5-18;2*1-2-3;1-2;;;/h4-8,13-16,20,22H,9-12,17-19H2,1-3H3,(H,30,32,34);4-8,13-16,20,22H,9-12,17-19H2,1-3H3,(H,30,32,34);1-5,10-13,17,19H,6-9,14-16H2,(H,29,30)(H,26,28,31);2*2H,1H3;1H2,2H3;;;/q;;;3*-1;;;. The molecule has 20 nitrogen and oxygen atoms in total. The number of rotatable bonds is 27. The molecular weight excluding hydrogens is 1970 g/mol. The molecule has 9 aromatic rings. The molecule has 0 saturated heterocycles. The van der Waals surface area contributed by atoms with E-state index in [0.29, 0.717) is 108 Å². The van der Waals surface area contributed by atoms with E-state index in [9.17, 15) is 37.2 Å². The summed E-state index contributed by atoms with van der Waals surface area (Å²) in [6, 6.07) is 52.9.